The molecule has 1 aromatic heterocycles. The van der Waals surface area contributed by atoms with Gasteiger partial charge in [0.25, 0.3) is 0 Å². The van der Waals surface area contributed by atoms with Crippen molar-refractivity contribution in [3.05, 3.63) is 18.0 Å². The Morgan fingerprint density at radius 2 is 2.33 bits per heavy atom. The zero-order valence-corrected chi connectivity index (χ0v) is 10.0. The number of rotatable bonds is 2. The van der Waals surface area contributed by atoms with E-state index in [0.717, 1.165) is 25.1 Å². The van der Waals surface area contributed by atoms with E-state index in [1.807, 2.05) is 6.07 Å². The van der Waals surface area contributed by atoms with E-state index in [1.54, 1.807) is 6.20 Å². The van der Waals surface area contributed by atoms with Crippen molar-refractivity contribution in [3.63, 3.8) is 0 Å². The van der Waals surface area contributed by atoms with Gasteiger partial charge < -0.3 is 10.5 Å². The number of nitrogens with zero attached hydrogens (tertiary/aromatic N) is 1. The Kier molecular flexibility index (Phi) is 6.92. The van der Waals surface area contributed by atoms with Crippen molar-refractivity contribution in [1.29, 1.82) is 0 Å². The lowest BCUT2D eigenvalue weighted by Crippen LogP contribution is -2.28. The number of aromatic amines is 1. The molecule has 1 fully saturated rings. The predicted molar refractivity (Wildman–Crippen MR) is 63.6 cm³/mol. The number of hydrogen-bond acceptors (Lipinski definition) is 3. The molecule has 0 unspecified atom stereocenters. The summed E-state index contributed by atoms with van der Waals surface area (Å²) in [5.41, 5.74) is 6.74. The highest BCUT2D eigenvalue weighted by molar-refractivity contribution is 5.85. The quantitative estimate of drug-likeness (QED) is 0.843. The van der Waals surface area contributed by atoms with Crippen LogP contribution in [-0.2, 0) is 4.74 Å². The number of halogens is 2. The van der Waals surface area contributed by atoms with E-state index in [0.29, 0.717) is 12.5 Å². The van der Waals surface area contributed by atoms with Crippen molar-refractivity contribution in [2.45, 2.75) is 18.9 Å². The van der Waals surface area contributed by atoms with Gasteiger partial charge in [0.05, 0.1) is 5.69 Å². The first-order valence-corrected chi connectivity index (χ1v) is 4.72. The summed E-state index contributed by atoms with van der Waals surface area (Å²) < 4.78 is 5.67. The first-order chi connectivity index (χ1) is 6.42. The topological polar surface area (TPSA) is 63.9 Å². The molecule has 1 aliphatic heterocycles. The molecule has 0 saturated carbocycles. The van der Waals surface area contributed by atoms with Crippen molar-refractivity contribution >= 4 is 24.8 Å². The summed E-state index contributed by atoms with van der Waals surface area (Å²) in [7, 11) is 0. The summed E-state index contributed by atoms with van der Waals surface area (Å²) in [6.45, 7) is 1.52. The molecular weight excluding hydrogens is 237 g/mol. The van der Waals surface area contributed by atoms with Crippen LogP contribution in [0.2, 0.25) is 0 Å². The third kappa shape index (κ3) is 3.34. The summed E-state index contributed by atoms with van der Waals surface area (Å²) in [5, 5.41) is 6.86. The largest absolute Gasteiger partial charge is 0.372 e. The van der Waals surface area contributed by atoms with Crippen LogP contribution in [0.15, 0.2) is 12.3 Å². The second kappa shape index (κ2) is 7.06. The Morgan fingerprint density at radius 3 is 2.93 bits per heavy atom. The molecular formula is C9H17Cl2N3O. The summed E-state index contributed by atoms with van der Waals surface area (Å²) in [4.78, 5) is 0. The lowest BCUT2D eigenvalue weighted by Gasteiger charge is -2.29. The number of nitrogens with one attached hydrogen (secondary N) is 1. The van der Waals surface area contributed by atoms with E-state index in [2.05, 4.69) is 10.2 Å². The monoisotopic (exact) mass is 253 g/mol. The number of H-pyrrole nitrogens is 1. The number of nitrogens with two attached hydrogens (primary N) is 1. The fourth-order valence-corrected chi connectivity index (χ4v) is 1.85. The van der Waals surface area contributed by atoms with Crippen LogP contribution in [0.25, 0.3) is 0 Å². The summed E-state index contributed by atoms with van der Waals surface area (Å²) in [5.74, 6) is 0.439. The molecule has 88 valence electrons. The maximum absolute atomic E-state index is 5.69. The predicted octanol–water partition coefficient (Wildman–Crippen LogP) is 1.68. The SMILES string of the molecule is Cl.Cl.NC[C@@H]1CCCO[C@H]1c1ccn[nH]1. The van der Waals surface area contributed by atoms with Crippen molar-refractivity contribution in [2.75, 3.05) is 13.2 Å². The molecule has 15 heavy (non-hydrogen) atoms. The summed E-state index contributed by atoms with van der Waals surface area (Å²) >= 11 is 0. The van der Waals surface area contributed by atoms with Crippen LogP contribution in [0.3, 0.4) is 0 Å². The van der Waals surface area contributed by atoms with E-state index in [4.69, 9.17) is 10.5 Å². The Morgan fingerprint density at radius 1 is 1.53 bits per heavy atom. The van der Waals surface area contributed by atoms with Gasteiger partial charge in [-0.1, -0.05) is 0 Å². The Bertz CT molecular complexity index is 256. The highest BCUT2D eigenvalue weighted by Crippen LogP contribution is 2.31. The van der Waals surface area contributed by atoms with Crippen LogP contribution in [0.1, 0.15) is 24.6 Å². The highest BCUT2D eigenvalue weighted by atomic mass is 35.5. The lowest BCUT2D eigenvalue weighted by atomic mass is 9.92. The normalized spacial score (nSPS) is 25.1. The van der Waals surface area contributed by atoms with Crippen LogP contribution in [0, 0.1) is 5.92 Å². The van der Waals surface area contributed by atoms with Crippen molar-refractivity contribution in [1.82, 2.24) is 10.2 Å². The Hall–Kier alpha value is -0.290. The standard InChI is InChI=1S/C9H15N3O.2ClH/c10-6-7-2-1-5-13-9(7)8-3-4-11-12-8;;/h3-4,7,9H,1-2,5-6,10H2,(H,11,12);2*1H/t7-,9+;;/m0../s1. The summed E-state index contributed by atoms with van der Waals surface area (Å²) in [6.07, 6.45) is 4.15. The van der Waals surface area contributed by atoms with Crippen molar-refractivity contribution in [2.24, 2.45) is 11.7 Å². The van der Waals surface area contributed by atoms with E-state index in [1.165, 1.54) is 0 Å². The first kappa shape index (κ1) is 14.7. The van der Waals surface area contributed by atoms with Gasteiger partial charge in [-0.2, -0.15) is 5.10 Å². The molecule has 1 aromatic rings. The minimum atomic E-state index is 0. The molecule has 1 aliphatic rings. The highest BCUT2D eigenvalue weighted by Gasteiger charge is 2.26. The van der Waals surface area contributed by atoms with Gasteiger partial charge in [-0.05, 0) is 25.5 Å². The molecule has 2 atom stereocenters. The van der Waals surface area contributed by atoms with Gasteiger partial charge in [-0.25, -0.2) is 0 Å². The smallest absolute Gasteiger partial charge is 0.103 e. The Labute approximate surface area is 102 Å². The maximum atomic E-state index is 5.69. The van der Waals surface area contributed by atoms with Gasteiger partial charge in [0.2, 0.25) is 0 Å². The molecule has 0 radical (unpaired) electrons. The zero-order chi connectivity index (χ0) is 9.10. The van der Waals surface area contributed by atoms with Gasteiger partial charge >= 0.3 is 0 Å². The second-order valence-corrected chi connectivity index (χ2v) is 3.44. The van der Waals surface area contributed by atoms with Gasteiger partial charge in [0, 0.05) is 18.7 Å². The van der Waals surface area contributed by atoms with Crippen LogP contribution >= 0.6 is 24.8 Å². The van der Waals surface area contributed by atoms with Gasteiger partial charge in [-0.3, -0.25) is 5.10 Å². The van der Waals surface area contributed by atoms with E-state index in [9.17, 15) is 0 Å². The molecule has 4 nitrogen and oxygen atoms in total. The summed E-state index contributed by atoms with van der Waals surface area (Å²) in [6, 6.07) is 1.96. The van der Waals surface area contributed by atoms with Gasteiger partial charge in [0.15, 0.2) is 0 Å². The Balaban J connectivity index is 0.000000980. The molecule has 0 aromatic carbocycles. The lowest BCUT2D eigenvalue weighted by molar-refractivity contribution is -0.0276. The molecule has 1 saturated heterocycles. The third-order valence-corrected chi connectivity index (χ3v) is 2.58. The molecule has 0 aliphatic carbocycles. The fraction of sp³-hybridized carbons (Fsp3) is 0.667. The minimum Gasteiger partial charge on any atom is -0.372 e. The minimum absolute atomic E-state index is 0. The third-order valence-electron chi connectivity index (χ3n) is 2.58. The van der Waals surface area contributed by atoms with E-state index >= 15 is 0 Å². The van der Waals surface area contributed by atoms with Crippen LogP contribution in [0.5, 0.6) is 0 Å². The average molecular weight is 254 g/mol. The number of ether oxygens (including phenoxy) is 1. The van der Waals surface area contributed by atoms with Crippen molar-refractivity contribution in [3.8, 4) is 0 Å². The fourth-order valence-electron chi connectivity index (χ4n) is 1.85. The second-order valence-electron chi connectivity index (χ2n) is 3.44. The molecule has 2 heterocycles. The molecule has 0 spiro atoms. The zero-order valence-electron chi connectivity index (χ0n) is 8.39. The molecule has 0 bridgehead atoms. The maximum Gasteiger partial charge on any atom is 0.103 e. The van der Waals surface area contributed by atoms with Gasteiger partial charge in [-0.15, -0.1) is 24.8 Å². The van der Waals surface area contributed by atoms with Gasteiger partial charge in [0.1, 0.15) is 6.10 Å². The van der Waals surface area contributed by atoms with Crippen molar-refractivity contribution < 1.29 is 4.74 Å². The van der Waals surface area contributed by atoms with Crippen LogP contribution in [0.4, 0.5) is 0 Å². The molecule has 6 heteroatoms. The number of hydrogen-bond donors (Lipinski definition) is 2. The first-order valence-electron chi connectivity index (χ1n) is 4.72. The molecule has 3 N–H and O–H groups in total. The molecule has 2 rings (SSSR count). The van der Waals surface area contributed by atoms with Crippen LogP contribution < -0.4 is 5.73 Å². The average Bonchev–Trinajstić information content (AvgIpc) is 2.70. The number of aromatic nitrogens is 2. The molecule has 0 amide bonds. The van der Waals surface area contributed by atoms with E-state index in [-0.39, 0.29) is 30.9 Å². The van der Waals surface area contributed by atoms with E-state index < -0.39 is 0 Å². The van der Waals surface area contributed by atoms with Crippen LogP contribution in [-0.4, -0.2) is 23.3 Å².